The Bertz CT molecular complexity index is 1120. The minimum absolute atomic E-state index is 0.128. The Labute approximate surface area is 173 Å². The number of hydrogen-bond acceptors (Lipinski definition) is 5. The van der Waals surface area contributed by atoms with Crippen molar-refractivity contribution in [2.75, 3.05) is 37.7 Å². The molecule has 0 aliphatic carbocycles. The normalized spacial score (nSPS) is 18.8. The molecule has 3 aromatic rings. The van der Waals surface area contributed by atoms with Crippen LogP contribution < -0.4 is 9.64 Å². The highest BCUT2D eigenvalue weighted by atomic mass is 16.5. The van der Waals surface area contributed by atoms with Crippen molar-refractivity contribution in [1.82, 2.24) is 14.3 Å². The molecule has 0 radical (unpaired) electrons. The number of para-hydroxylation sites is 2. The van der Waals surface area contributed by atoms with Crippen molar-refractivity contribution in [3.05, 3.63) is 60.0 Å². The van der Waals surface area contributed by atoms with Gasteiger partial charge in [0.1, 0.15) is 17.1 Å². The predicted molar refractivity (Wildman–Crippen MR) is 110 cm³/mol. The Morgan fingerprint density at radius 1 is 1.13 bits per heavy atom. The van der Waals surface area contributed by atoms with Crippen LogP contribution in [0.15, 0.2) is 48.8 Å². The highest BCUT2D eigenvalue weighted by Crippen LogP contribution is 2.34. The standard InChI is InChI=1S/C22H22N4O4/c1-15-6-7-25-13-16(23-20(25)12-15)21(27)26-14-19(22(28)24-8-10-29-11-9-24)30-18-5-3-2-4-17(18)26/h2-7,12-13,19H,8-11,14H2,1H3. The van der Waals surface area contributed by atoms with Gasteiger partial charge in [0, 0.05) is 25.5 Å². The van der Waals surface area contributed by atoms with Crippen molar-refractivity contribution in [3.8, 4) is 5.75 Å². The number of carbonyl (C=O) groups excluding carboxylic acids is 2. The van der Waals surface area contributed by atoms with Gasteiger partial charge in [-0.1, -0.05) is 12.1 Å². The zero-order chi connectivity index (χ0) is 20.7. The third-order valence-electron chi connectivity index (χ3n) is 5.45. The number of carbonyl (C=O) groups is 2. The van der Waals surface area contributed by atoms with Gasteiger partial charge in [-0.3, -0.25) is 14.5 Å². The minimum atomic E-state index is -0.763. The fourth-order valence-electron chi connectivity index (χ4n) is 3.87. The van der Waals surface area contributed by atoms with Crippen LogP contribution in [0.3, 0.4) is 0 Å². The number of imidazole rings is 1. The number of aromatic nitrogens is 2. The maximum atomic E-state index is 13.4. The van der Waals surface area contributed by atoms with E-state index in [0.717, 1.165) is 5.56 Å². The summed E-state index contributed by atoms with van der Waals surface area (Å²) in [5.41, 5.74) is 2.75. The lowest BCUT2D eigenvalue weighted by molar-refractivity contribution is -0.142. The number of fused-ring (bicyclic) bond motifs is 2. The summed E-state index contributed by atoms with van der Waals surface area (Å²) in [6.07, 6.45) is 2.83. The predicted octanol–water partition coefficient (Wildman–Crippen LogP) is 1.91. The van der Waals surface area contributed by atoms with Gasteiger partial charge in [-0.05, 0) is 36.8 Å². The monoisotopic (exact) mass is 406 g/mol. The van der Waals surface area contributed by atoms with Gasteiger partial charge in [-0.25, -0.2) is 4.98 Å². The highest BCUT2D eigenvalue weighted by molar-refractivity contribution is 6.07. The summed E-state index contributed by atoms with van der Waals surface area (Å²) in [5.74, 6) is 0.131. The topological polar surface area (TPSA) is 76.4 Å². The Kier molecular flexibility index (Phi) is 4.63. The number of amides is 2. The first-order valence-corrected chi connectivity index (χ1v) is 9.99. The van der Waals surface area contributed by atoms with Crippen LogP contribution >= 0.6 is 0 Å². The average Bonchev–Trinajstić information content (AvgIpc) is 3.21. The number of pyridine rings is 1. The fourth-order valence-corrected chi connectivity index (χ4v) is 3.87. The Morgan fingerprint density at radius 3 is 2.77 bits per heavy atom. The molecule has 2 amide bonds. The number of ether oxygens (including phenoxy) is 2. The van der Waals surface area contributed by atoms with Gasteiger partial charge in [-0.15, -0.1) is 0 Å². The van der Waals surface area contributed by atoms with Gasteiger partial charge in [0.2, 0.25) is 0 Å². The number of anilines is 1. The van der Waals surface area contributed by atoms with Crippen molar-refractivity contribution >= 4 is 23.1 Å². The molecule has 1 fully saturated rings. The number of aryl methyl sites for hydroxylation is 1. The van der Waals surface area contributed by atoms with Crippen molar-refractivity contribution in [2.45, 2.75) is 13.0 Å². The summed E-state index contributed by atoms with van der Waals surface area (Å²) in [7, 11) is 0. The van der Waals surface area contributed by atoms with Gasteiger partial charge in [0.15, 0.2) is 6.10 Å². The van der Waals surface area contributed by atoms with E-state index in [-0.39, 0.29) is 18.4 Å². The Hall–Kier alpha value is -3.39. The molecule has 4 heterocycles. The lowest BCUT2D eigenvalue weighted by Gasteiger charge is -2.37. The molecule has 0 spiro atoms. The quantitative estimate of drug-likeness (QED) is 0.650. The highest BCUT2D eigenvalue weighted by Gasteiger charge is 2.37. The Balaban J connectivity index is 1.47. The molecular formula is C22H22N4O4. The van der Waals surface area contributed by atoms with E-state index in [1.165, 1.54) is 0 Å². The maximum Gasteiger partial charge on any atom is 0.278 e. The van der Waals surface area contributed by atoms with Crippen LogP contribution in [0.1, 0.15) is 16.1 Å². The van der Waals surface area contributed by atoms with E-state index in [1.54, 1.807) is 22.1 Å². The molecule has 30 heavy (non-hydrogen) atoms. The lowest BCUT2D eigenvalue weighted by Crippen LogP contribution is -2.54. The summed E-state index contributed by atoms with van der Waals surface area (Å²) in [4.78, 5) is 34.3. The van der Waals surface area contributed by atoms with Gasteiger partial charge in [0.25, 0.3) is 11.8 Å². The molecule has 1 atom stereocenters. The van der Waals surface area contributed by atoms with E-state index in [2.05, 4.69) is 4.98 Å². The molecule has 1 unspecified atom stereocenters. The van der Waals surface area contributed by atoms with Crippen LogP contribution in [-0.4, -0.2) is 65.1 Å². The molecule has 1 aromatic carbocycles. The smallest absolute Gasteiger partial charge is 0.278 e. The number of hydrogen-bond donors (Lipinski definition) is 0. The SMILES string of the molecule is Cc1ccn2cc(C(=O)N3CC(C(=O)N4CCOCC4)Oc4ccccc43)nc2c1. The van der Waals surface area contributed by atoms with E-state index in [4.69, 9.17) is 9.47 Å². The minimum Gasteiger partial charge on any atom is -0.476 e. The van der Waals surface area contributed by atoms with E-state index < -0.39 is 6.10 Å². The first-order valence-electron chi connectivity index (χ1n) is 9.99. The molecule has 0 saturated carbocycles. The number of benzene rings is 1. The molecule has 1 saturated heterocycles. The molecule has 2 aromatic heterocycles. The second-order valence-corrected chi connectivity index (χ2v) is 7.52. The van der Waals surface area contributed by atoms with E-state index in [1.807, 2.05) is 47.9 Å². The van der Waals surface area contributed by atoms with Crippen LogP contribution in [0, 0.1) is 6.92 Å². The van der Waals surface area contributed by atoms with Gasteiger partial charge in [-0.2, -0.15) is 0 Å². The zero-order valence-electron chi connectivity index (χ0n) is 16.7. The summed E-state index contributed by atoms with van der Waals surface area (Å²) in [5, 5.41) is 0. The van der Waals surface area contributed by atoms with Gasteiger partial charge >= 0.3 is 0 Å². The largest absolute Gasteiger partial charge is 0.476 e. The third-order valence-corrected chi connectivity index (χ3v) is 5.45. The third kappa shape index (κ3) is 3.29. The van der Waals surface area contributed by atoms with Gasteiger partial charge in [0.05, 0.1) is 25.4 Å². The van der Waals surface area contributed by atoms with E-state index in [0.29, 0.717) is 49.1 Å². The molecule has 0 bridgehead atoms. The first kappa shape index (κ1) is 18.6. The Morgan fingerprint density at radius 2 is 1.93 bits per heavy atom. The molecule has 5 rings (SSSR count). The summed E-state index contributed by atoms with van der Waals surface area (Å²) in [6.45, 7) is 4.20. The number of nitrogens with zero attached hydrogens (tertiary/aromatic N) is 4. The number of morpholine rings is 1. The number of rotatable bonds is 2. The summed E-state index contributed by atoms with van der Waals surface area (Å²) >= 11 is 0. The summed E-state index contributed by atoms with van der Waals surface area (Å²) < 4.78 is 13.1. The van der Waals surface area contributed by atoms with Crippen LogP contribution in [0.2, 0.25) is 0 Å². The average molecular weight is 406 g/mol. The molecule has 0 N–H and O–H groups in total. The van der Waals surface area contributed by atoms with Crippen molar-refractivity contribution in [3.63, 3.8) is 0 Å². The van der Waals surface area contributed by atoms with Gasteiger partial charge < -0.3 is 18.8 Å². The van der Waals surface area contributed by atoms with E-state index >= 15 is 0 Å². The van der Waals surface area contributed by atoms with Crippen molar-refractivity contribution in [1.29, 1.82) is 0 Å². The molecule has 2 aliphatic rings. The second kappa shape index (κ2) is 7.46. The lowest BCUT2D eigenvalue weighted by atomic mass is 10.1. The van der Waals surface area contributed by atoms with Crippen LogP contribution in [-0.2, 0) is 9.53 Å². The fraction of sp³-hybridized carbons (Fsp3) is 0.318. The molecular weight excluding hydrogens is 384 g/mol. The van der Waals surface area contributed by atoms with Crippen LogP contribution in [0.4, 0.5) is 5.69 Å². The van der Waals surface area contributed by atoms with E-state index in [9.17, 15) is 9.59 Å². The molecule has 2 aliphatic heterocycles. The van der Waals surface area contributed by atoms with Crippen molar-refractivity contribution < 1.29 is 19.1 Å². The maximum absolute atomic E-state index is 13.4. The molecule has 8 nitrogen and oxygen atoms in total. The molecule has 154 valence electrons. The summed E-state index contributed by atoms with van der Waals surface area (Å²) in [6, 6.07) is 11.2. The first-order chi connectivity index (χ1) is 14.6. The van der Waals surface area contributed by atoms with Crippen LogP contribution in [0.5, 0.6) is 5.75 Å². The molecule has 8 heteroatoms. The van der Waals surface area contributed by atoms with Crippen LogP contribution in [0.25, 0.3) is 5.65 Å². The second-order valence-electron chi connectivity index (χ2n) is 7.52. The van der Waals surface area contributed by atoms with Crippen molar-refractivity contribution in [2.24, 2.45) is 0 Å². The zero-order valence-corrected chi connectivity index (χ0v) is 16.7.